The van der Waals surface area contributed by atoms with E-state index in [0.29, 0.717) is 16.5 Å². The van der Waals surface area contributed by atoms with Gasteiger partial charge in [0.2, 0.25) is 0 Å². The minimum absolute atomic E-state index is 0.290. The van der Waals surface area contributed by atoms with E-state index in [-0.39, 0.29) is 0 Å². The number of halogens is 2. The minimum Gasteiger partial charge on any atom is -0.385 e. The van der Waals surface area contributed by atoms with Crippen molar-refractivity contribution in [2.75, 3.05) is 14.2 Å². The van der Waals surface area contributed by atoms with Gasteiger partial charge in [-0.05, 0) is 30.7 Å². The van der Waals surface area contributed by atoms with Crippen molar-refractivity contribution in [3.05, 3.63) is 33.8 Å². The first-order chi connectivity index (χ1) is 7.90. The first-order valence-electron chi connectivity index (χ1n) is 5.12. The van der Waals surface area contributed by atoms with Gasteiger partial charge in [0, 0.05) is 30.7 Å². The van der Waals surface area contributed by atoms with Crippen molar-refractivity contribution in [2.24, 2.45) is 0 Å². The monoisotopic (exact) mass is 278 g/mol. The number of rotatable bonds is 5. The van der Waals surface area contributed by atoms with Crippen LogP contribution in [0.25, 0.3) is 0 Å². The molecule has 0 saturated heterocycles. The lowest BCUT2D eigenvalue weighted by Gasteiger charge is -2.30. The SMILES string of the molecule is COC(OC)C(C)(O)Cc1cc(Cl)ccc1Cl. The third-order valence-corrected chi connectivity index (χ3v) is 3.10. The molecule has 0 saturated carbocycles. The van der Waals surface area contributed by atoms with E-state index in [2.05, 4.69) is 0 Å². The molecule has 0 radical (unpaired) electrons. The van der Waals surface area contributed by atoms with Gasteiger partial charge in [-0.15, -0.1) is 0 Å². The first kappa shape index (κ1) is 14.7. The molecule has 0 aliphatic heterocycles. The second-order valence-corrected chi connectivity index (χ2v) is 4.92. The molecule has 0 heterocycles. The maximum atomic E-state index is 10.3. The summed E-state index contributed by atoms with van der Waals surface area (Å²) < 4.78 is 10.1. The van der Waals surface area contributed by atoms with Gasteiger partial charge in [0.25, 0.3) is 0 Å². The average Bonchev–Trinajstić information content (AvgIpc) is 2.24. The summed E-state index contributed by atoms with van der Waals surface area (Å²) in [6, 6.07) is 5.12. The Morgan fingerprint density at radius 2 is 1.88 bits per heavy atom. The smallest absolute Gasteiger partial charge is 0.185 e. The molecule has 5 heteroatoms. The highest BCUT2D eigenvalue weighted by atomic mass is 35.5. The molecule has 1 aromatic carbocycles. The van der Waals surface area contributed by atoms with E-state index >= 15 is 0 Å². The molecule has 1 N–H and O–H groups in total. The molecule has 0 spiro atoms. The largest absolute Gasteiger partial charge is 0.385 e. The Balaban J connectivity index is 2.92. The quantitative estimate of drug-likeness (QED) is 0.842. The average molecular weight is 279 g/mol. The lowest BCUT2D eigenvalue weighted by Crippen LogP contribution is -2.43. The number of methoxy groups -OCH3 is 2. The Morgan fingerprint density at radius 3 is 2.41 bits per heavy atom. The molecule has 17 heavy (non-hydrogen) atoms. The third-order valence-electron chi connectivity index (χ3n) is 2.49. The first-order valence-corrected chi connectivity index (χ1v) is 5.88. The van der Waals surface area contributed by atoms with E-state index in [1.165, 1.54) is 14.2 Å². The number of aliphatic hydroxyl groups is 1. The van der Waals surface area contributed by atoms with Crippen LogP contribution < -0.4 is 0 Å². The van der Waals surface area contributed by atoms with Crippen LogP contribution in [0.2, 0.25) is 10.0 Å². The zero-order valence-corrected chi connectivity index (χ0v) is 11.5. The highest BCUT2D eigenvalue weighted by molar-refractivity contribution is 6.33. The van der Waals surface area contributed by atoms with Crippen LogP contribution >= 0.6 is 23.2 Å². The van der Waals surface area contributed by atoms with Gasteiger partial charge in [-0.25, -0.2) is 0 Å². The van der Waals surface area contributed by atoms with Gasteiger partial charge in [0.05, 0.1) is 0 Å². The van der Waals surface area contributed by atoms with Gasteiger partial charge in [-0.1, -0.05) is 23.2 Å². The predicted octanol–water partition coefficient (Wildman–Crippen LogP) is 2.91. The fourth-order valence-electron chi connectivity index (χ4n) is 1.75. The summed E-state index contributed by atoms with van der Waals surface area (Å²) in [5, 5.41) is 11.4. The molecule has 1 atom stereocenters. The van der Waals surface area contributed by atoms with Crippen LogP contribution in [0.15, 0.2) is 18.2 Å². The van der Waals surface area contributed by atoms with Crippen LogP contribution in [0.5, 0.6) is 0 Å². The van der Waals surface area contributed by atoms with E-state index in [1.807, 2.05) is 0 Å². The summed E-state index contributed by atoms with van der Waals surface area (Å²) in [7, 11) is 2.95. The topological polar surface area (TPSA) is 38.7 Å². The van der Waals surface area contributed by atoms with E-state index < -0.39 is 11.9 Å². The molecule has 0 amide bonds. The fourth-order valence-corrected chi connectivity index (χ4v) is 2.13. The molecule has 0 aliphatic rings. The van der Waals surface area contributed by atoms with Crippen molar-refractivity contribution >= 4 is 23.2 Å². The lowest BCUT2D eigenvalue weighted by atomic mass is 9.96. The van der Waals surface area contributed by atoms with Gasteiger partial charge in [-0.3, -0.25) is 0 Å². The van der Waals surface area contributed by atoms with E-state index in [9.17, 15) is 5.11 Å². The van der Waals surface area contributed by atoms with Gasteiger partial charge >= 0.3 is 0 Å². The molecular formula is C12H16Cl2O3. The van der Waals surface area contributed by atoms with Crippen LogP contribution in [0.1, 0.15) is 12.5 Å². The minimum atomic E-state index is -1.18. The highest BCUT2D eigenvalue weighted by Gasteiger charge is 2.33. The molecule has 0 aromatic heterocycles. The summed E-state index contributed by atoms with van der Waals surface area (Å²) in [5.74, 6) is 0. The predicted molar refractivity (Wildman–Crippen MR) is 68.6 cm³/mol. The standard InChI is InChI=1S/C12H16Cl2O3/c1-12(15,11(16-2)17-3)7-8-6-9(13)4-5-10(8)14/h4-6,11,15H,7H2,1-3H3. The Bertz CT molecular complexity index is 376. The van der Waals surface area contributed by atoms with Gasteiger partial charge in [-0.2, -0.15) is 0 Å². The second kappa shape index (κ2) is 6.03. The highest BCUT2D eigenvalue weighted by Crippen LogP contribution is 2.27. The van der Waals surface area contributed by atoms with Crippen LogP contribution in [-0.4, -0.2) is 31.2 Å². The molecule has 1 aromatic rings. The van der Waals surface area contributed by atoms with Crippen LogP contribution in [-0.2, 0) is 15.9 Å². The number of hydrogen-bond acceptors (Lipinski definition) is 3. The molecule has 1 rings (SSSR count). The molecule has 0 aliphatic carbocycles. The van der Waals surface area contributed by atoms with Crippen LogP contribution in [0, 0.1) is 0 Å². The Kier molecular flexibility index (Phi) is 5.22. The van der Waals surface area contributed by atoms with Crippen LogP contribution in [0.4, 0.5) is 0 Å². The zero-order chi connectivity index (χ0) is 13.1. The van der Waals surface area contributed by atoms with Gasteiger partial charge in [0.1, 0.15) is 5.60 Å². The molecule has 1 unspecified atom stereocenters. The summed E-state index contributed by atoms with van der Waals surface area (Å²) in [6.45, 7) is 1.63. The van der Waals surface area contributed by atoms with Crippen molar-refractivity contribution in [2.45, 2.75) is 25.2 Å². The van der Waals surface area contributed by atoms with Crippen molar-refractivity contribution < 1.29 is 14.6 Å². The van der Waals surface area contributed by atoms with E-state index in [1.54, 1.807) is 25.1 Å². The Hall–Kier alpha value is -0.320. The van der Waals surface area contributed by atoms with Crippen molar-refractivity contribution in [1.29, 1.82) is 0 Å². The van der Waals surface area contributed by atoms with Gasteiger partial charge < -0.3 is 14.6 Å². The summed E-state index contributed by atoms with van der Waals surface area (Å²) >= 11 is 11.9. The van der Waals surface area contributed by atoms with Crippen LogP contribution in [0.3, 0.4) is 0 Å². The second-order valence-electron chi connectivity index (χ2n) is 4.07. The number of hydrogen-bond donors (Lipinski definition) is 1. The summed E-state index contributed by atoms with van der Waals surface area (Å²) in [6.07, 6.45) is -0.434. The molecule has 3 nitrogen and oxygen atoms in total. The lowest BCUT2D eigenvalue weighted by molar-refractivity contribution is -0.207. The van der Waals surface area contributed by atoms with E-state index in [0.717, 1.165) is 5.56 Å². The van der Waals surface area contributed by atoms with E-state index in [4.69, 9.17) is 32.7 Å². The van der Waals surface area contributed by atoms with Gasteiger partial charge in [0.15, 0.2) is 6.29 Å². The summed E-state index contributed by atoms with van der Waals surface area (Å²) in [4.78, 5) is 0. The molecule has 96 valence electrons. The van der Waals surface area contributed by atoms with Crippen molar-refractivity contribution in [3.63, 3.8) is 0 Å². The maximum Gasteiger partial charge on any atom is 0.185 e. The fraction of sp³-hybridized carbons (Fsp3) is 0.500. The van der Waals surface area contributed by atoms with Crippen molar-refractivity contribution in [3.8, 4) is 0 Å². The maximum absolute atomic E-state index is 10.3. The molecule has 0 fully saturated rings. The normalized spacial score (nSPS) is 15.0. The summed E-state index contributed by atoms with van der Waals surface area (Å²) in [5.41, 5.74) is -0.430. The number of benzene rings is 1. The van der Waals surface area contributed by atoms with Crippen molar-refractivity contribution in [1.82, 2.24) is 0 Å². The molecule has 0 bridgehead atoms. The zero-order valence-electron chi connectivity index (χ0n) is 10.0. The Labute approximate surface area is 111 Å². The molecular weight excluding hydrogens is 263 g/mol. The number of ether oxygens (including phenoxy) is 2. The Morgan fingerprint density at radius 1 is 1.29 bits per heavy atom. The third kappa shape index (κ3) is 3.83.